The number of hydrogen-bond acceptors (Lipinski definition) is 2. The summed E-state index contributed by atoms with van der Waals surface area (Å²) in [6, 6.07) is 8.41. The van der Waals surface area contributed by atoms with E-state index in [1.54, 1.807) is 4.68 Å². The third-order valence-electron chi connectivity index (χ3n) is 2.68. The molecular weight excluding hydrogens is 325 g/mol. The molecule has 0 unspecified atom stereocenters. The van der Waals surface area contributed by atoms with Gasteiger partial charge in [0, 0.05) is 39.5 Å². The van der Waals surface area contributed by atoms with Crippen LogP contribution in [-0.4, -0.2) is 14.8 Å². The zero-order valence-corrected chi connectivity index (χ0v) is 11.4. The van der Waals surface area contributed by atoms with E-state index in [2.05, 4.69) is 50.9 Å². The van der Waals surface area contributed by atoms with Gasteiger partial charge in [0.1, 0.15) is 0 Å². The van der Waals surface area contributed by atoms with Crippen LogP contribution < -0.4 is 0 Å². The van der Waals surface area contributed by atoms with Crippen molar-refractivity contribution in [3.8, 4) is 11.1 Å². The molecular formula is C13H10IN3. The lowest BCUT2D eigenvalue weighted by atomic mass is 10.1. The van der Waals surface area contributed by atoms with Crippen LogP contribution in [0, 0.1) is 3.57 Å². The highest BCUT2D eigenvalue weighted by Gasteiger charge is 2.03. The van der Waals surface area contributed by atoms with Gasteiger partial charge in [-0.1, -0.05) is 0 Å². The molecule has 0 fully saturated rings. The minimum Gasteiger partial charge on any atom is -0.275 e. The van der Waals surface area contributed by atoms with Crippen molar-refractivity contribution in [3.05, 3.63) is 46.4 Å². The zero-order valence-electron chi connectivity index (χ0n) is 9.26. The van der Waals surface area contributed by atoms with Crippen LogP contribution in [0.3, 0.4) is 0 Å². The first-order valence-corrected chi connectivity index (χ1v) is 6.34. The summed E-state index contributed by atoms with van der Waals surface area (Å²) in [5, 5.41) is 5.34. The van der Waals surface area contributed by atoms with Crippen LogP contribution in [0.15, 0.2) is 42.9 Å². The van der Waals surface area contributed by atoms with E-state index in [4.69, 9.17) is 0 Å². The Morgan fingerprint density at radius 1 is 1.12 bits per heavy atom. The monoisotopic (exact) mass is 335 g/mol. The van der Waals surface area contributed by atoms with Crippen molar-refractivity contribution in [1.29, 1.82) is 0 Å². The van der Waals surface area contributed by atoms with Gasteiger partial charge in [0.25, 0.3) is 0 Å². The molecule has 0 aliphatic carbocycles. The second-order valence-corrected chi connectivity index (χ2v) is 5.21. The molecule has 0 saturated heterocycles. The first kappa shape index (κ1) is 10.7. The predicted molar refractivity (Wildman–Crippen MR) is 76.7 cm³/mol. The van der Waals surface area contributed by atoms with Gasteiger partial charge in [-0.15, -0.1) is 0 Å². The Kier molecular flexibility index (Phi) is 2.58. The summed E-state index contributed by atoms with van der Waals surface area (Å²) in [4.78, 5) is 4.47. The molecule has 0 aliphatic rings. The number of aryl methyl sites for hydroxylation is 1. The maximum atomic E-state index is 4.47. The van der Waals surface area contributed by atoms with Crippen LogP contribution in [-0.2, 0) is 7.05 Å². The lowest BCUT2D eigenvalue weighted by Crippen LogP contribution is -1.85. The molecule has 2 aromatic heterocycles. The maximum absolute atomic E-state index is 4.47. The molecule has 0 atom stereocenters. The van der Waals surface area contributed by atoms with Crippen molar-refractivity contribution in [2.45, 2.75) is 0 Å². The van der Waals surface area contributed by atoms with Crippen LogP contribution >= 0.6 is 22.6 Å². The summed E-state index contributed by atoms with van der Waals surface area (Å²) in [5.74, 6) is 0. The Balaban J connectivity index is 2.18. The number of fused-ring (bicyclic) bond motifs is 1. The van der Waals surface area contributed by atoms with E-state index in [9.17, 15) is 0 Å². The number of pyridine rings is 1. The van der Waals surface area contributed by atoms with Gasteiger partial charge < -0.3 is 0 Å². The van der Waals surface area contributed by atoms with Crippen LogP contribution in [0.4, 0.5) is 0 Å². The number of benzene rings is 1. The molecule has 1 aromatic carbocycles. The minimum atomic E-state index is 1.03. The van der Waals surface area contributed by atoms with Crippen LogP contribution in [0.5, 0.6) is 0 Å². The van der Waals surface area contributed by atoms with Crippen molar-refractivity contribution in [2.75, 3.05) is 0 Å². The largest absolute Gasteiger partial charge is 0.275 e. The fraction of sp³-hybridized carbons (Fsp3) is 0.0769. The first-order chi connectivity index (χ1) is 8.22. The fourth-order valence-corrected chi connectivity index (χ4v) is 2.35. The number of halogens is 1. The predicted octanol–water partition coefficient (Wildman–Crippen LogP) is 3.24. The van der Waals surface area contributed by atoms with Crippen LogP contribution in [0.25, 0.3) is 22.0 Å². The minimum absolute atomic E-state index is 1.03. The van der Waals surface area contributed by atoms with Gasteiger partial charge in [0.05, 0.1) is 11.7 Å². The second kappa shape index (κ2) is 4.10. The van der Waals surface area contributed by atoms with Crippen LogP contribution in [0.2, 0.25) is 0 Å². The van der Waals surface area contributed by atoms with Crippen molar-refractivity contribution in [1.82, 2.24) is 14.8 Å². The molecule has 0 N–H and O–H groups in total. The van der Waals surface area contributed by atoms with Crippen molar-refractivity contribution < 1.29 is 0 Å². The van der Waals surface area contributed by atoms with E-state index < -0.39 is 0 Å². The van der Waals surface area contributed by atoms with E-state index in [-0.39, 0.29) is 0 Å². The van der Waals surface area contributed by atoms with Gasteiger partial charge in [-0.25, -0.2) is 0 Å². The summed E-state index contributed by atoms with van der Waals surface area (Å²) in [7, 11) is 1.92. The molecule has 4 heteroatoms. The lowest BCUT2D eigenvalue weighted by molar-refractivity contribution is 0.768. The Morgan fingerprint density at radius 3 is 2.76 bits per heavy atom. The topological polar surface area (TPSA) is 30.7 Å². The van der Waals surface area contributed by atoms with Crippen molar-refractivity contribution in [2.24, 2.45) is 7.05 Å². The Bertz CT molecular complexity index is 688. The quantitative estimate of drug-likeness (QED) is 0.639. The standard InChI is InChI=1S/C13H10IN3/c1-17-8-11(7-16-17)10-4-9-5-12(14)2-3-13(9)15-6-10/h2-8H,1H3. The summed E-state index contributed by atoms with van der Waals surface area (Å²) in [6.45, 7) is 0. The third-order valence-corrected chi connectivity index (χ3v) is 3.35. The van der Waals surface area contributed by atoms with E-state index in [0.29, 0.717) is 0 Å². The number of aromatic nitrogens is 3. The van der Waals surface area contributed by atoms with Crippen LogP contribution in [0.1, 0.15) is 0 Å². The highest BCUT2D eigenvalue weighted by atomic mass is 127. The van der Waals surface area contributed by atoms with E-state index in [0.717, 1.165) is 16.6 Å². The molecule has 3 aromatic rings. The Morgan fingerprint density at radius 2 is 2.00 bits per heavy atom. The number of hydrogen-bond donors (Lipinski definition) is 0. The molecule has 3 rings (SSSR count). The molecule has 0 radical (unpaired) electrons. The smallest absolute Gasteiger partial charge is 0.0703 e. The van der Waals surface area contributed by atoms with Gasteiger partial charge in [-0.05, 0) is 46.9 Å². The summed E-state index contributed by atoms with van der Waals surface area (Å²) in [5.41, 5.74) is 3.23. The molecule has 0 bridgehead atoms. The molecule has 3 nitrogen and oxygen atoms in total. The summed E-state index contributed by atoms with van der Waals surface area (Å²) in [6.07, 6.45) is 5.75. The average molecular weight is 335 g/mol. The number of nitrogens with zero attached hydrogens (tertiary/aromatic N) is 3. The molecule has 0 saturated carbocycles. The molecule has 84 valence electrons. The SMILES string of the molecule is Cn1cc(-c2cnc3ccc(I)cc3c2)cn1. The summed E-state index contributed by atoms with van der Waals surface area (Å²) < 4.78 is 3.02. The highest BCUT2D eigenvalue weighted by molar-refractivity contribution is 14.1. The van der Waals surface area contributed by atoms with Gasteiger partial charge in [-0.2, -0.15) is 5.10 Å². The normalized spacial score (nSPS) is 10.9. The fourth-order valence-electron chi connectivity index (χ4n) is 1.83. The highest BCUT2D eigenvalue weighted by Crippen LogP contribution is 2.23. The van der Waals surface area contributed by atoms with E-state index >= 15 is 0 Å². The summed E-state index contributed by atoms with van der Waals surface area (Å²) >= 11 is 2.31. The maximum Gasteiger partial charge on any atom is 0.0703 e. The molecule has 17 heavy (non-hydrogen) atoms. The van der Waals surface area contributed by atoms with Gasteiger partial charge in [0.15, 0.2) is 0 Å². The van der Waals surface area contributed by atoms with Crippen molar-refractivity contribution >= 4 is 33.5 Å². The number of rotatable bonds is 1. The third kappa shape index (κ3) is 2.04. The Labute approximate surface area is 113 Å². The second-order valence-electron chi connectivity index (χ2n) is 3.96. The van der Waals surface area contributed by atoms with Crippen molar-refractivity contribution in [3.63, 3.8) is 0 Å². The van der Waals surface area contributed by atoms with E-state index in [1.165, 1.54) is 8.96 Å². The zero-order chi connectivity index (χ0) is 11.8. The van der Waals surface area contributed by atoms with E-state index in [1.807, 2.05) is 31.7 Å². The van der Waals surface area contributed by atoms with Gasteiger partial charge in [0.2, 0.25) is 0 Å². The molecule has 0 amide bonds. The van der Waals surface area contributed by atoms with Gasteiger partial charge >= 0.3 is 0 Å². The molecule has 0 spiro atoms. The average Bonchev–Trinajstić information content (AvgIpc) is 2.75. The Hall–Kier alpha value is -1.43. The first-order valence-electron chi connectivity index (χ1n) is 5.27. The van der Waals surface area contributed by atoms with Gasteiger partial charge in [-0.3, -0.25) is 9.67 Å². The lowest BCUT2D eigenvalue weighted by Gasteiger charge is -2.01. The molecule has 0 aliphatic heterocycles. The molecule has 2 heterocycles.